The Morgan fingerprint density at radius 1 is 1.60 bits per heavy atom. The number of nitrogens with two attached hydrogens (primary N) is 1. The van der Waals surface area contributed by atoms with Gasteiger partial charge in [-0.1, -0.05) is 6.92 Å². The van der Waals surface area contributed by atoms with Crippen molar-refractivity contribution in [3.05, 3.63) is 0 Å². The van der Waals surface area contributed by atoms with Crippen molar-refractivity contribution in [2.45, 2.75) is 50.9 Å². The molecule has 2 aliphatic heterocycles. The fourth-order valence-electron chi connectivity index (χ4n) is 3.02. The van der Waals surface area contributed by atoms with Crippen molar-refractivity contribution in [2.75, 3.05) is 32.8 Å². The molecule has 0 saturated carbocycles. The van der Waals surface area contributed by atoms with E-state index in [0.717, 1.165) is 13.1 Å². The minimum absolute atomic E-state index is 0.176. The number of likely N-dealkylation sites (tertiary alicyclic amines) is 1. The van der Waals surface area contributed by atoms with Crippen LogP contribution in [0.4, 0.5) is 0 Å². The van der Waals surface area contributed by atoms with Crippen LogP contribution in [0.1, 0.15) is 33.1 Å². The van der Waals surface area contributed by atoms with E-state index in [9.17, 15) is 5.11 Å². The molecule has 0 amide bonds. The summed E-state index contributed by atoms with van der Waals surface area (Å²) in [4.78, 5) is 6.73. The zero-order valence-corrected chi connectivity index (χ0v) is 12.6. The van der Waals surface area contributed by atoms with E-state index in [4.69, 9.17) is 10.5 Å². The van der Waals surface area contributed by atoms with E-state index in [1.54, 1.807) is 0 Å². The van der Waals surface area contributed by atoms with E-state index in [1.165, 1.54) is 19.4 Å². The lowest BCUT2D eigenvalue weighted by Gasteiger charge is -2.25. The van der Waals surface area contributed by atoms with Gasteiger partial charge in [-0.3, -0.25) is 9.89 Å². The van der Waals surface area contributed by atoms with Crippen LogP contribution in [0.2, 0.25) is 0 Å². The lowest BCUT2D eigenvalue weighted by molar-refractivity contribution is -0.0201. The number of aliphatic hydroxyl groups is 1. The molecule has 116 valence electrons. The minimum atomic E-state index is -0.866. The number of hydrogen-bond donors (Lipinski definition) is 3. The maximum Gasteiger partial charge on any atom is 0.188 e. The van der Waals surface area contributed by atoms with Crippen molar-refractivity contribution in [1.82, 2.24) is 10.2 Å². The first-order valence-electron chi connectivity index (χ1n) is 7.67. The van der Waals surface area contributed by atoms with Crippen molar-refractivity contribution < 1.29 is 9.84 Å². The smallest absolute Gasteiger partial charge is 0.188 e. The maximum absolute atomic E-state index is 10.3. The van der Waals surface area contributed by atoms with Crippen LogP contribution in [0.25, 0.3) is 0 Å². The van der Waals surface area contributed by atoms with E-state index in [0.29, 0.717) is 31.6 Å². The third-order valence-corrected chi connectivity index (χ3v) is 4.61. The second-order valence-electron chi connectivity index (χ2n) is 5.87. The molecule has 3 atom stereocenters. The molecule has 2 fully saturated rings. The average Bonchev–Trinajstić information content (AvgIpc) is 3.02. The van der Waals surface area contributed by atoms with E-state index in [2.05, 4.69) is 22.1 Å². The van der Waals surface area contributed by atoms with Crippen LogP contribution < -0.4 is 11.1 Å². The molecular formula is C14H28N4O2. The Labute approximate surface area is 121 Å². The molecule has 4 N–H and O–H groups in total. The van der Waals surface area contributed by atoms with Gasteiger partial charge in [-0.05, 0) is 32.9 Å². The molecule has 0 spiro atoms. The van der Waals surface area contributed by atoms with Crippen molar-refractivity contribution in [3.8, 4) is 0 Å². The molecule has 6 nitrogen and oxygen atoms in total. The third-order valence-electron chi connectivity index (χ3n) is 4.61. The van der Waals surface area contributed by atoms with E-state index in [1.807, 2.05) is 6.92 Å². The summed E-state index contributed by atoms with van der Waals surface area (Å²) in [5, 5.41) is 13.5. The lowest BCUT2D eigenvalue weighted by Crippen LogP contribution is -2.44. The summed E-state index contributed by atoms with van der Waals surface area (Å²) in [6.45, 7) is 8.04. The normalized spacial score (nSPS) is 35.6. The number of hydrogen-bond acceptors (Lipinski definition) is 4. The molecule has 0 aromatic heterocycles. The summed E-state index contributed by atoms with van der Waals surface area (Å²) in [5.41, 5.74) is 5.02. The predicted molar refractivity (Wildman–Crippen MR) is 79.7 cm³/mol. The zero-order valence-electron chi connectivity index (χ0n) is 12.6. The molecule has 2 rings (SSSR count). The molecule has 2 saturated heterocycles. The highest BCUT2D eigenvalue weighted by Crippen LogP contribution is 2.25. The Balaban J connectivity index is 1.76. The minimum Gasteiger partial charge on any atom is -0.385 e. The summed E-state index contributed by atoms with van der Waals surface area (Å²) in [7, 11) is 0. The standard InChI is InChI=1S/C14H28N4O2/c1-3-18-7-4-5-12(18)9-16-13(15)17-10-14(19)6-8-20-11(14)2/h11-12,19H,3-10H2,1-2H3,(H3,15,16,17). The second kappa shape index (κ2) is 6.74. The van der Waals surface area contributed by atoms with Gasteiger partial charge in [-0.2, -0.15) is 0 Å². The second-order valence-corrected chi connectivity index (χ2v) is 5.87. The predicted octanol–water partition coefficient (Wildman–Crippen LogP) is -0.0851. The van der Waals surface area contributed by atoms with Crippen LogP contribution in [0.3, 0.4) is 0 Å². The molecule has 0 aromatic rings. The highest BCUT2D eigenvalue weighted by molar-refractivity contribution is 5.77. The van der Waals surface area contributed by atoms with Crippen molar-refractivity contribution in [2.24, 2.45) is 10.7 Å². The molecule has 0 aliphatic carbocycles. The average molecular weight is 284 g/mol. The van der Waals surface area contributed by atoms with Gasteiger partial charge in [-0.15, -0.1) is 0 Å². The van der Waals surface area contributed by atoms with Crippen LogP contribution in [0.5, 0.6) is 0 Å². The largest absolute Gasteiger partial charge is 0.385 e. The van der Waals surface area contributed by atoms with Gasteiger partial charge in [0.15, 0.2) is 5.96 Å². The van der Waals surface area contributed by atoms with Gasteiger partial charge in [0.05, 0.1) is 12.6 Å². The van der Waals surface area contributed by atoms with Gasteiger partial charge in [0.1, 0.15) is 5.60 Å². The third kappa shape index (κ3) is 3.62. The molecule has 0 radical (unpaired) electrons. The Hall–Kier alpha value is -0.850. The van der Waals surface area contributed by atoms with Crippen LogP contribution in [0, 0.1) is 0 Å². The van der Waals surface area contributed by atoms with Crippen LogP contribution in [-0.2, 0) is 4.74 Å². The molecule has 2 aliphatic rings. The van der Waals surface area contributed by atoms with Crippen LogP contribution in [0.15, 0.2) is 4.99 Å². The van der Waals surface area contributed by atoms with Crippen molar-refractivity contribution in [1.29, 1.82) is 0 Å². The fourth-order valence-corrected chi connectivity index (χ4v) is 3.02. The molecule has 20 heavy (non-hydrogen) atoms. The first kappa shape index (κ1) is 15.5. The molecular weight excluding hydrogens is 256 g/mol. The number of guanidine groups is 1. The monoisotopic (exact) mass is 284 g/mol. The first-order chi connectivity index (χ1) is 9.55. The number of aliphatic imine (C=N–C) groups is 1. The number of ether oxygens (including phenoxy) is 1. The summed E-state index contributed by atoms with van der Waals surface area (Å²) >= 11 is 0. The summed E-state index contributed by atoms with van der Waals surface area (Å²) in [5.74, 6) is 0.417. The molecule has 2 heterocycles. The van der Waals surface area contributed by atoms with Gasteiger partial charge in [0.2, 0.25) is 0 Å². The van der Waals surface area contributed by atoms with Gasteiger partial charge in [-0.25, -0.2) is 0 Å². The fraction of sp³-hybridized carbons (Fsp3) is 0.929. The van der Waals surface area contributed by atoms with Gasteiger partial charge >= 0.3 is 0 Å². The Kier molecular flexibility index (Phi) is 5.23. The van der Waals surface area contributed by atoms with Crippen LogP contribution >= 0.6 is 0 Å². The number of likely N-dealkylation sites (N-methyl/N-ethyl adjacent to an activating group) is 1. The number of rotatable bonds is 5. The Bertz CT molecular complexity index is 350. The maximum atomic E-state index is 10.3. The Morgan fingerprint density at radius 2 is 2.40 bits per heavy atom. The highest BCUT2D eigenvalue weighted by Gasteiger charge is 2.39. The number of nitrogens with zero attached hydrogens (tertiary/aromatic N) is 2. The topological polar surface area (TPSA) is 83.1 Å². The number of nitrogens with one attached hydrogen (secondary N) is 1. The first-order valence-corrected chi connectivity index (χ1v) is 7.67. The van der Waals surface area contributed by atoms with E-state index < -0.39 is 5.60 Å². The molecule has 0 aromatic carbocycles. The quantitative estimate of drug-likeness (QED) is 0.486. The molecule has 3 unspecified atom stereocenters. The molecule has 6 heteroatoms. The van der Waals surface area contributed by atoms with Crippen molar-refractivity contribution in [3.63, 3.8) is 0 Å². The summed E-state index contributed by atoms with van der Waals surface area (Å²) in [6, 6.07) is 0.547. The van der Waals surface area contributed by atoms with Gasteiger partial charge in [0.25, 0.3) is 0 Å². The highest BCUT2D eigenvalue weighted by atomic mass is 16.5. The van der Waals surface area contributed by atoms with E-state index >= 15 is 0 Å². The van der Waals surface area contributed by atoms with Gasteiger partial charge in [0, 0.05) is 25.6 Å². The Morgan fingerprint density at radius 3 is 3.05 bits per heavy atom. The summed E-state index contributed by atoms with van der Waals surface area (Å²) in [6.07, 6.45) is 2.91. The lowest BCUT2D eigenvalue weighted by atomic mass is 9.97. The van der Waals surface area contributed by atoms with Crippen LogP contribution in [-0.4, -0.2) is 66.5 Å². The van der Waals surface area contributed by atoms with E-state index in [-0.39, 0.29) is 6.10 Å². The van der Waals surface area contributed by atoms with Gasteiger partial charge < -0.3 is 20.9 Å². The summed E-state index contributed by atoms with van der Waals surface area (Å²) < 4.78 is 5.38. The SMILES string of the molecule is CCN1CCCC1CNC(N)=NCC1(O)CCOC1C. The zero-order chi connectivity index (χ0) is 14.6. The van der Waals surface area contributed by atoms with Crippen molar-refractivity contribution >= 4 is 5.96 Å². The molecule has 0 bridgehead atoms.